The summed E-state index contributed by atoms with van der Waals surface area (Å²) < 4.78 is 5.25. The van der Waals surface area contributed by atoms with Gasteiger partial charge in [0.15, 0.2) is 0 Å². The zero-order valence-electron chi connectivity index (χ0n) is 8.72. The summed E-state index contributed by atoms with van der Waals surface area (Å²) in [5.74, 6) is 0.772. The molecule has 0 N–H and O–H groups in total. The number of nitriles is 1. The third kappa shape index (κ3) is 1.62. The van der Waals surface area contributed by atoms with E-state index < -0.39 is 0 Å². The maximum atomic E-state index is 8.93. The standard InChI is InChI=1S/C12H13NO/c1-5-14-12-6-8(2)11(7-13)9(3)10(12)4/h5-6H,1H2,2-4H3. The van der Waals surface area contributed by atoms with Crippen LogP contribution in [-0.2, 0) is 0 Å². The van der Waals surface area contributed by atoms with Gasteiger partial charge in [0, 0.05) is 0 Å². The molecule has 0 aliphatic rings. The Kier molecular flexibility index (Phi) is 2.93. The molecule has 0 radical (unpaired) electrons. The van der Waals surface area contributed by atoms with Crippen LogP contribution in [0.2, 0.25) is 0 Å². The molecular formula is C12H13NO. The van der Waals surface area contributed by atoms with E-state index in [9.17, 15) is 0 Å². The summed E-state index contributed by atoms with van der Waals surface area (Å²) in [6, 6.07) is 4.06. The molecule has 0 heterocycles. The molecule has 1 aromatic rings. The summed E-state index contributed by atoms with van der Waals surface area (Å²) in [6.07, 6.45) is 1.40. The van der Waals surface area contributed by atoms with E-state index in [1.165, 1.54) is 6.26 Å². The minimum atomic E-state index is 0.735. The Morgan fingerprint density at radius 2 is 2.00 bits per heavy atom. The fourth-order valence-electron chi connectivity index (χ4n) is 1.43. The minimum absolute atomic E-state index is 0.735. The molecule has 0 saturated carbocycles. The monoisotopic (exact) mass is 187 g/mol. The van der Waals surface area contributed by atoms with Crippen molar-refractivity contribution in [1.29, 1.82) is 5.26 Å². The third-order valence-electron chi connectivity index (χ3n) is 2.37. The Hall–Kier alpha value is -1.75. The van der Waals surface area contributed by atoms with Crippen molar-refractivity contribution in [3.63, 3.8) is 0 Å². The van der Waals surface area contributed by atoms with E-state index in [2.05, 4.69) is 12.6 Å². The summed E-state index contributed by atoms with van der Waals surface area (Å²) in [5.41, 5.74) is 3.64. The average molecular weight is 187 g/mol. The summed E-state index contributed by atoms with van der Waals surface area (Å²) >= 11 is 0. The van der Waals surface area contributed by atoms with Crippen molar-refractivity contribution >= 4 is 0 Å². The van der Waals surface area contributed by atoms with Crippen LogP contribution in [0.4, 0.5) is 0 Å². The minimum Gasteiger partial charge on any atom is -0.465 e. The highest BCUT2D eigenvalue weighted by Gasteiger charge is 2.09. The first kappa shape index (κ1) is 10.3. The molecule has 0 spiro atoms. The van der Waals surface area contributed by atoms with Crippen LogP contribution in [0.15, 0.2) is 18.9 Å². The molecule has 72 valence electrons. The van der Waals surface area contributed by atoms with Gasteiger partial charge in [-0.3, -0.25) is 0 Å². The van der Waals surface area contributed by atoms with Gasteiger partial charge in [0.2, 0.25) is 0 Å². The predicted molar refractivity (Wildman–Crippen MR) is 56.2 cm³/mol. The van der Waals surface area contributed by atoms with Crippen molar-refractivity contribution in [3.05, 3.63) is 41.2 Å². The SMILES string of the molecule is C=COc1cc(C)c(C#N)c(C)c1C. The van der Waals surface area contributed by atoms with Gasteiger partial charge in [-0.15, -0.1) is 0 Å². The molecule has 0 aliphatic heterocycles. The lowest BCUT2D eigenvalue weighted by Crippen LogP contribution is -1.95. The molecule has 14 heavy (non-hydrogen) atoms. The highest BCUT2D eigenvalue weighted by Crippen LogP contribution is 2.27. The van der Waals surface area contributed by atoms with Gasteiger partial charge in [-0.05, 0) is 43.5 Å². The molecule has 0 fully saturated rings. The van der Waals surface area contributed by atoms with Crippen LogP contribution in [0.25, 0.3) is 0 Å². The smallest absolute Gasteiger partial charge is 0.130 e. The van der Waals surface area contributed by atoms with Gasteiger partial charge in [0.05, 0.1) is 17.9 Å². The molecule has 0 atom stereocenters. The number of rotatable bonds is 2. The van der Waals surface area contributed by atoms with E-state index in [1.807, 2.05) is 26.8 Å². The molecule has 0 saturated heterocycles. The highest BCUT2D eigenvalue weighted by atomic mass is 16.5. The van der Waals surface area contributed by atoms with Gasteiger partial charge >= 0.3 is 0 Å². The van der Waals surface area contributed by atoms with Crippen LogP contribution < -0.4 is 4.74 Å². The first-order valence-electron chi connectivity index (χ1n) is 4.40. The lowest BCUT2D eigenvalue weighted by Gasteiger charge is -2.11. The number of hydrogen-bond donors (Lipinski definition) is 0. The molecular weight excluding hydrogens is 174 g/mol. The molecule has 0 amide bonds. The highest BCUT2D eigenvalue weighted by molar-refractivity contribution is 5.53. The average Bonchev–Trinajstić information content (AvgIpc) is 2.15. The molecule has 1 rings (SSSR count). The molecule has 0 unspecified atom stereocenters. The van der Waals surface area contributed by atoms with Gasteiger partial charge in [-0.1, -0.05) is 6.58 Å². The second-order valence-corrected chi connectivity index (χ2v) is 3.21. The van der Waals surface area contributed by atoms with Crippen molar-refractivity contribution in [3.8, 4) is 11.8 Å². The molecule has 0 bridgehead atoms. The van der Waals surface area contributed by atoms with Crippen molar-refractivity contribution < 1.29 is 4.74 Å². The lowest BCUT2D eigenvalue weighted by atomic mass is 9.98. The van der Waals surface area contributed by atoms with Gasteiger partial charge < -0.3 is 4.74 Å². The van der Waals surface area contributed by atoms with Gasteiger partial charge in [-0.2, -0.15) is 5.26 Å². The normalized spacial score (nSPS) is 9.29. The summed E-state index contributed by atoms with van der Waals surface area (Å²) in [5, 5.41) is 8.93. The van der Waals surface area contributed by atoms with Gasteiger partial charge in [-0.25, -0.2) is 0 Å². The fourth-order valence-corrected chi connectivity index (χ4v) is 1.43. The van der Waals surface area contributed by atoms with E-state index >= 15 is 0 Å². The molecule has 1 aromatic carbocycles. The predicted octanol–water partition coefficient (Wildman–Crippen LogP) is 3.01. The first-order chi connectivity index (χ1) is 6.61. The topological polar surface area (TPSA) is 33.0 Å². The fraction of sp³-hybridized carbons (Fsp3) is 0.250. The zero-order chi connectivity index (χ0) is 10.7. The maximum absolute atomic E-state index is 8.93. The Morgan fingerprint density at radius 3 is 2.50 bits per heavy atom. The van der Waals surface area contributed by atoms with E-state index in [0.29, 0.717) is 0 Å². The molecule has 2 nitrogen and oxygen atoms in total. The van der Waals surface area contributed by atoms with Crippen LogP contribution in [0.5, 0.6) is 5.75 Å². The van der Waals surface area contributed by atoms with Crippen LogP contribution >= 0.6 is 0 Å². The maximum Gasteiger partial charge on any atom is 0.130 e. The lowest BCUT2D eigenvalue weighted by molar-refractivity contribution is 0.478. The van der Waals surface area contributed by atoms with E-state index in [4.69, 9.17) is 10.00 Å². The third-order valence-corrected chi connectivity index (χ3v) is 2.37. The number of nitrogens with zero attached hydrogens (tertiary/aromatic N) is 1. The zero-order valence-corrected chi connectivity index (χ0v) is 8.72. The van der Waals surface area contributed by atoms with E-state index in [-0.39, 0.29) is 0 Å². The quantitative estimate of drug-likeness (QED) is 0.667. The number of benzene rings is 1. The van der Waals surface area contributed by atoms with Crippen LogP contribution in [-0.4, -0.2) is 0 Å². The number of hydrogen-bond acceptors (Lipinski definition) is 2. The van der Waals surface area contributed by atoms with E-state index in [0.717, 1.165) is 28.0 Å². The molecule has 0 aliphatic carbocycles. The largest absolute Gasteiger partial charge is 0.465 e. The molecule has 0 aromatic heterocycles. The second-order valence-electron chi connectivity index (χ2n) is 3.21. The second kappa shape index (κ2) is 3.97. The Morgan fingerprint density at radius 1 is 1.36 bits per heavy atom. The first-order valence-corrected chi connectivity index (χ1v) is 4.40. The Labute approximate surface area is 84.4 Å². The summed E-state index contributed by atoms with van der Waals surface area (Å²) in [7, 11) is 0. The summed E-state index contributed by atoms with van der Waals surface area (Å²) in [4.78, 5) is 0. The van der Waals surface area contributed by atoms with Gasteiger partial charge in [0.25, 0.3) is 0 Å². The Balaban J connectivity index is 3.41. The van der Waals surface area contributed by atoms with Crippen LogP contribution in [0, 0.1) is 32.1 Å². The van der Waals surface area contributed by atoms with Crippen molar-refractivity contribution in [2.45, 2.75) is 20.8 Å². The number of ether oxygens (including phenoxy) is 1. The number of aryl methyl sites for hydroxylation is 1. The van der Waals surface area contributed by atoms with E-state index in [1.54, 1.807) is 0 Å². The van der Waals surface area contributed by atoms with Crippen molar-refractivity contribution in [2.75, 3.05) is 0 Å². The van der Waals surface area contributed by atoms with Crippen molar-refractivity contribution in [2.24, 2.45) is 0 Å². The summed E-state index contributed by atoms with van der Waals surface area (Å²) in [6.45, 7) is 9.28. The van der Waals surface area contributed by atoms with Crippen LogP contribution in [0.3, 0.4) is 0 Å². The van der Waals surface area contributed by atoms with Gasteiger partial charge in [0.1, 0.15) is 5.75 Å². The Bertz CT molecular complexity index is 413. The van der Waals surface area contributed by atoms with Crippen LogP contribution in [0.1, 0.15) is 22.3 Å². The van der Waals surface area contributed by atoms with Crippen molar-refractivity contribution in [1.82, 2.24) is 0 Å². The molecule has 2 heteroatoms.